The van der Waals surface area contributed by atoms with E-state index >= 15 is 0 Å². The molecule has 2 rings (SSSR count). The van der Waals surface area contributed by atoms with Crippen molar-refractivity contribution in [1.82, 2.24) is 4.90 Å². The van der Waals surface area contributed by atoms with Gasteiger partial charge in [0, 0.05) is 13.1 Å². The summed E-state index contributed by atoms with van der Waals surface area (Å²) in [6.45, 7) is 5.63. The summed E-state index contributed by atoms with van der Waals surface area (Å²) >= 11 is 0. The third kappa shape index (κ3) is 3.26. The maximum absolute atomic E-state index is 12.3. The predicted molar refractivity (Wildman–Crippen MR) is 78.9 cm³/mol. The molecule has 0 bridgehead atoms. The highest BCUT2D eigenvalue weighted by atomic mass is 16.5. The van der Waals surface area contributed by atoms with Crippen LogP contribution in [0, 0.1) is 11.8 Å². The summed E-state index contributed by atoms with van der Waals surface area (Å²) in [6, 6.07) is 4.15. The van der Waals surface area contributed by atoms with E-state index in [2.05, 4.69) is 19.2 Å². The number of rotatable bonds is 3. The lowest BCUT2D eigenvalue weighted by atomic mass is 10.0. The predicted octanol–water partition coefficient (Wildman–Crippen LogP) is 2.51. The highest BCUT2D eigenvalue weighted by Gasteiger charge is 2.29. The van der Waals surface area contributed by atoms with Crippen molar-refractivity contribution in [2.24, 2.45) is 11.8 Å². The molecule has 2 amide bonds. The van der Waals surface area contributed by atoms with Gasteiger partial charge >= 0.3 is 12.0 Å². The van der Waals surface area contributed by atoms with Crippen molar-refractivity contribution >= 4 is 17.7 Å². The van der Waals surface area contributed by atoms with E-state index in [4.69, 9.17) is 9.84 Å². The molecule has 1 aliphatic rings. The zero-order valence-corrected chi connectivity index (χ0v) is 12.4. The normalized spacial score (nSPS) is 21.2. The first-order valence-corrected chi connectivity index (χ1v) is 6.89. The molecule has 6 nitrogen and oxygen atoms in total. The highest BCUT2D eigenvalue weighted by Crippen LogP contribution is 2.27. The molecule has 1 aromatic carbocycles. The Hall–Kier alpha value is -2.24. The Kier molecular flexibility index (Phi) is 4.35. The van der Waals surface area contributed by atoms with E-state index < -0.39 is 5.97 Å². The second-order valence-corrected chi connectivity index (χ2v) is 5.51. The Morgan fingerprint density at radius 2 is 1.90 bits per heavy atom. The van der Waals surface area contributed by atoms with Gasteiger partial charge < -0.3 is 20.1 Å². The molecule has 1 aliphatic heterocycles. The molecule has 2 atom stereocenters. The molecule has 1 saturated heterocycles. The maximum atomic E-state index is 12.3. The van der Waals surface area contributed by atoms with Crippen LogP contribution >= 0.6 is 0 Å². The van der Waals surface area contributed by atoms with E-state index in [0.717, 1.165) is 0 Å². The smallest absolute Gasteiger partial charge is 0.335 e. The van der Waals surface area contributed by atoms with Crippen LogP contribution in [0.25, 0.3) is 0 Å². The van der Waals surface area contributed by atoms with Crippen LogP contribution in [-0.4, -0.2) is 42.2 Å². The third-order valence-corrected chi connectivity index (χ3v) is 3.96. The molecule has 0 saturated carbocycles. The first kappa shape index (κ1) is 15.2. The molecule has 21 heavy (non-hydrogen) atoms. The number of likely N-dealkylation sites (tertiary alicyclic amines) is 1. The molecule has 0 aliphatic carbocycles. The lowest BCUT2D eigenvalue weighted by Gasteiger charge is -2.18. The van der Waals surface area contributed by atoms with E-state index in [1.165, 1.54) is 25.3 Å². The van der Waals surface area contributed by atoms with Crippen LogP contribution in [0.2, 0.25) is 0 Å². The summed E-state index contributed by atoms with van der Waals surface area (Å²) in [4.78, 5) is 25.0. The van der Waals surface area contributed by atoms with Gasteiger partial charge in [-0.05, 0) is 30.0 Å². The lowest BCUT2D eigenvalue weighted by molar-refractivity contribution is 0.0697. The van der Waals surface area contributed by atoms with Crippen LogP contribution in [0.1, 0.15) is 24.2 Å². The fraction of sp³-hybridized carbons (Fsp3) is 0.467. The van der Waals surface area contributed by atoms with E-state index in [1.54, 1.807) is 4.90 Å². The number of nitrogens with zero attached hydrogens (tertiary/aromatic N) is 1. The summed E-state index contributed by atoms with van der Waals surface area (Å²) in [7, 11) is 1.48. The third-order valence-electron chi connectivity index (χ3n) is 3.96. The zero-order chi connectivity index (χ0) is 15.6. The SMILES string of the molecule is COc1ccc(C(=O)O)cc1NC(=O)N1CC(C)C(C)C1. The Bertz CT molecular complexity index is 549. The molecule has 0 radical (unpaired) electrons. The number of hydrogen-bond acceptors (Lipinski definition) is 3. The van der Waals surface area contributed by atoms with E-state index in [0.29, 0.717) is 36.4 Å². The molecule has 1 aromatic rings. The number of aromatic carboxylic acids is 1. The fourth-order valence-electron chi connectivity index (χ4n) is 2.43. The van der Waals surface area contributed by atoms with Gasteiger partial charge in [0.2, 0.25) is 0 Å². The Balaban J connectivity index is 2.16. The first-order valence-electron chi connectivity index (χ1n) is 6.89. The lowest BCUT2D eigenvalue weighted by Crippen LogP contribution is -2.33. The number of benzene rings is 1. The van der Waals surface area contributed by atoms with Crippen molar-refractivity contribution in [3.63, 3.8) is 0 Å². The van der Waals surface area contributed by atoms with Crippen LogP contribution in [0.5, 0.6) is 5.75 Å². The molecule has 114 valence electrons. The number of urea groups is 1. The summed E-state index contributed by atoms with van der Waals surface area (Å²) in [5.41, 5.74) is 0.476. The zero-order valence-electron chi connectivity index (χ0n) is 12.4. The van der Waals surface area contributed by atoms with Gasteiger partial charge in [0.25, 0.3) is 0 Å². The summed E-state index contributed by atoms with van der Waals surface area (Å²) < 4.78 is 5.16. The molecular formula is C15H20N2O4. The second-order valence-electron chi connectivity index (χ2n) is 5.51. The minimum absolute atomic E-state index is 0.106. The van der Waals surface area contributed by atoms with Crippen LogP contribution in [-0.2, 0) is 0 Å². The number of carbonyl (C=O) groups excluding carboxylic acids is 1. The largest absolute Gasteiger partial charge is 0.495 e. The molecule has 0 aromatic heterocycles. The number of carboxylic acid groups (broad SMARTS) is 1. The van der Waals surface area contributed by atoms with Crippen molar-refractivity contribution in [1.29, 1.82) is 0 Å². The highest BCUT2D eigenvalue weighted by molar-refractivity contribution is 5.95. The second kappa shape index (κ2) is 6.03. The number of amides is 2. The number of methoxy groups -OCH3 is 1. The minimum atomic E-state index is -1.04. The molecule has 0 spiro atoms. The first-order chi connectivity index (χ1) is 9.92. The Morgan fingerprint density at radius 3 is 2.43 bits per heavy atom. The molecule has 2 N–H and O–H groups in total. The average molecular weight is 292 g/mol. The molecular weight excluding hydrogens is 272 g/mol. The van der Waals surface area contributed by atoms with Crippen molar-refractivity contribution in [2.75, 3.05) is 25.5 Å². The maximum Gasteiger partial charge on any atom is 0.335 e. The van der Waals surface area contributed by atoms with Crippen molar-refractivity contribution in [3.05, 3.63) is 23.8 Å². The van der Waals surface area contributed by atoms with E-state index in [9.17, 15) is 9.59 Å². The van der Waals surface area contributed by atoms with Gasteiger partial charge in [-0.25, -0.2) is 9.59 Å². The minimum Gasteiger partial charge on any atom is -0.495 e. The molecule has 1 fully saturated rings. The molecule has 1 heterocycles. The van der Waals surface area contributed by atoms with Crippen LogP contribution in [0.3, 0.4) is 0 Å². The van der Waals surface area contributed by atoms with Crippen LogP contribution in [0.4, 0.5) is 10.5 Å². The molecule has 2 unspecified atom stereocenters. The number of carboxylic acids is 1. The quantitative estimate of drug-likeness (QED) is 0.897. The molecule has 6 heteroatoms. The van der Waals surface area contributed by atoms with Gasteiger partial charge in [-0.15, -0.1) is 0 Å². The van der Waals surface area contributed by atoms with Gasteiger partial charge in [-0.2, -0.15) is 0 Å². The summed E-state index contributed by atoms with van der Waals surface area (Å²) in [5.74, 6) is 0.316. The topological polar surface area (TPSA) is 78.9 Å². The number of nitrogens with one attached hydrogen (secondary N) is 1. The fourth-order valence-corrected chi connectivity index (χ4v) is 2.43. The monoisotopic (exact) mass is 292 g/mol. The van der Waals surface area contributed by atoms with Crippen molar-refractivity contribution in [2.45, 2.75) is 13.8 Å². The van der Waals surface area contributed by atoms with Crippen molar-refractivity contribution < 1.29 is 19.4 Å². The number of carbonyl (C=O) groups is 2. The van der Waals surface area contributed by atoms with Crippen molar-refractivity contribution in [3.8, 4) is 5.75 Å². The van der Waals surface area contributed by atoms with Gasteiger partial charge in [-0.1, -0.05) is 13.8 Å². The summed E-state index contributed by atoms with van der Waals surface area (Å²) in [5, 5.41) is 11.8. The van der Waals surface area contributed by atoms with Crippen LogP contribution < -0.4 is 10.1 Å². The van der Waals surface area contributed by atoms with E-state index in [-0.39, 0.29) is 11.6 Å². The van der Waals surface area contributed by atoms with Crippen LogP contribution in [0.15, 0.2) is 18.2 Å². The number of hydrogen-bond donors (Lipinski definition) is 2. The van der Waals surface area contributed by atoms with Gasteiger partial charge in [-0.3, -0.25) is 0 Å². The number of anilines is 1. The number of ether oxygens (including phenoxy) is 1. The van der Waals surface area contributed by atoms with Gasteiger partial charge in [0.15, 0.2) is 0 Å². The summed E-state index contributed by atoms with van der Waals surface area (Å²) in [6.07, 6.45) is 0. The average Bonchev–Trinajstić information content (AvgIpc) is 2.78. The van der Waals surface area contributed by atoms with Gasteiger partial charge in [0.1, 0.15) is 5.75 Å². The standard InChI is InChI=1S/C15H20N2O4/c1-9-7-17(8-10(9)2)15(20)16-12-6-11(14(18)19)4-5-13(12)21-3/h4-6,9-10H,7-8H2,1-3H3,(H,16,20)(H,18,19). The Labute approximate surface area is 123 Å². The Morgan fingerprint density at radius 1 is 1.29 bits per heavy atom. The van der Waals surface area contributed by atoms with Gasteiger partial charge in [0.05, 0.1) is 18.4 Å². The van der Waals surface area contributed by atoms with E-state index in [1.807, 2.05) is 0 Å².